The predicted molar refractivity (Wildman–Crippen MR) is 102 cm³/mol. The number of carbonyl (C=O) groups is 2. The molecule has 1 fully saturated rings. The smallest absolute Gasteiger partial charge is 0.274 e. The fourth-order valence-electron chi connectivity index (χ4n) is 2.97. The minimum Gasteiger partial charge on any atom is -0.379 e. The summed E-state index contributed by atoms with van der Waals surface area (Å²) >= 11 is 0. The molecule has 2 rings (SSSR count). The maximum absolute atomic E-state index is 12.6. The third-order valence-corrected chi connectivity index (χ3v) is 4.34. The van der Waals surface area contributed by atoms with Crippen LogP contribution in [0, 0.1) is 5.92 Å². The van der Waals surface area contributed by atoms with Crippen molar-refractivity contribution >= 4 is 11.8 Å². The van der Waals surface area contributed by atoms with Gasteiger partial charge in [0.05, 0.1) is 19.4 Å². The minimum atomic E-state index is -0.183. The standard InChI is InChI=1S/C19H31N5O3/c1-16(2)15-24(19(26)17-14-20-6-7-21-17)9-4-18(25)22-5-3-8-23-10-12-27-13-11-23/h6-7,14,16H,3-5,8-13,15H2,1-2H3,(H,22,25). The van der Waals surface area contributed by atoms with E-state index in [1.54, 1.807) is 4.90 Å². The Labute approximate surface area is 161 Å². The van der Waals surface area contributed by atoms with E-state index in [0.29, 0.717) is 31.2 Å². The Bertz CT molecular complexity index is 576. The van der Waals surface area contributed by atoms with Crippen LogP contribution < -0.4 is 5.32 Å². The summed E-state index contributed by atoms with van der Waals surface area (Å²) < 4.78 is 5.33. The molecule has 0 saturated carbocycles. The summed E-state index contributed by atoms with van der Waals surface area (Å²) in [5.74, 6) is 0.0943. The molecular weight excluding hydrogens is 346 g/mol. The maximum atomic E-state index is 12.6. The van der Waals surface area contributed by atoms with Crippen molar-refractivity contribution in [3.63, 3.8) is 0 Å². The Hall–Kier alpha value is -2.06. The van der Waals surface area contributed by atoms with E-state index in [9.17, 15) is 9.59 Å². The number of ether oxygens (including phenoxy) is 1. The molecular formula is C19H31N5O3. The quantitative estimate of drug-likeness (QED) is 0.607. The Kier molecular flexibility index (Phi) is 9.13. The molecule has 0 bridgehead atoms. The molecule has 8 heteroatoms. The second kappa shape index (κ2) is 11.6. The Morgan fingerprint density at radius 1 is 1.30 bits per heavy atom. The molecule has 0 aliphatic carbocycles. The first-order valence-electron chi connectivity index (χ1n) is 9.68. The summed E-state index contributed by atoms with van der Waals surface area (Å²) in [7, 11) is 0. The van der Waals surface area contributed by atoms with Gasteiger partial charge in [-0.3, -0.25) is 19.5 Å². The molecule has 0 radical (unpaired) electrons. The monoisotopic (exact) mass is 377 g/mol. The highest BCUT2D eigenvalue weighted by atomic mass is 16.5. The van der Waals surface area contributed by atoms with Crippen LogP contribution in [0.1, 0.15) is 37.2 Å². The molecule has 0 aromatic carbocycles. The molecule has 27 heavy (non-hydrogen) atoms. The highest BCUT2D eigenvalue weighted by Gasteiger charge is 2.19. The topological polar surface area (TPSA) is 87.7 Å². The fraction of sp³-hybridized carbons (Fsp3) is 0.684. The van der Waals surface area contributed by atoms with Crippen molar-refractivity contribution in [1.82, 2.24) is 25.1 Å². The molecule has 0 spiro atoms. The highest BCUT2D eigenvalue weighted by Crippen LogP contribution is 2.06. The van der Waals surface area contributed by atoms with E-state index in [0.717, 1.165) is 39.3 Å². The van der Waals surface area contributed by atoms with Crippen molar-refractivity contribution in [2.24, 2.45) is 5.92 Å². The maximum Gasteiger partial charge on any atom is 0.274 e. The fourth-order valence-corrected chi connectivity index (χ4v) is 2.97. The van der Waals surface area contributed by atoms with Crippen LogP contribution in [-0.2, 0) is 9.53 Å². The van der Waals surface area contributed by atoms with E-state index in [2.05, 4.69) is 20.2 Å². The van der Waals surface area contributed by atoms with Gasteiger partial charge in [-0.25, -0.2) is 4.98 Å². The van der Waals surface area contributed by atoms with Crippen molar-refractivity contribution in [1.29, 1.82) is 0 Å². The van der Waals surface area contributed by atoms with Gasteiger partial charge in [0, 0.05) is 51.5 Å². The highest BCUT2D eigenvalue weighted by molar-refractivity contribution is 5.92. The lowest BCUT2D eigenvalue weighted by molar-refractivity contribution is -0.121. The summed E-state index contributed by atoms with van der Waals surface area (Å²) in [6, 6.07) is 0. The van der Waals surface area contributed by atoms with E-state index in [4.69, 9.17) is 4.74 Å². The molecule has 150 valence electrons. The van der Waals surface area contributed by atoms with Gasteiger partial charge in [-0.05, 0) is 18.9 Å². The van der Waals surface area contributed by atoms with Crippen molar-refractivity contribution in [2.45, 2.75) is 26.7 Å². The van der Waals surface area contributed by atoms with Crippen molar-refractivity contribution in [3.05, 3.63) is 24.3 Å². The average Bonchev–Trinajstić information content (AvgIpc) is 2.69. The molecule has 2 heterocycles. The van der Waals surface area contributed by atoms with Gasteiger partial charge in [0.2, 0.25) is 5.91 Å². The summed E-state index contributed by atoms with van der Waals surface area (Å²) in [4.78, 5) is 36.8. The zero-order valence-corrected chi connectivity index (χ0v) is 16.4. The van der Waals surface area contributed by atoms with Crippen LogP contribution >= 0.6 is 0 Å². The van der Waals surface area contributed by atoms with Crippen LogP contribution in [0.2, 0.25) is 0 Å². The second-order valence-electron chi connectivity index (χ2n) is 7.14. The lowest BCUT2D eigenvalue weighted by atomic mass is 10.2. The number of aromatic nitrogens is 2. The first-order chi connectivity index (χ1) is 13.1. The molecule has 1 aliphatic heterocycles. The molecule has 1 N–H and O–H groups in total. The third kappa shape index (κ3) is 8.01. The summed E-state index contributed by atoms with van der Waals surface area (Å²) in [6.45, 7) is 10.2. The Morgan fingerprint density at radius 3 is 2.74 bits per heavy atom. The van der Waals surface area contributed by atoms with Crippen LogP contribution in [0.3, 0.4) is 0 Å². The lowest BCUT2D eigenvalue weighted by Gasteiger charge is -2.26. The number of amides is 2. The Balaban J connectivity index is 1.71. The van der Waals surface area contributed by atoms with Gasteiger partial charge in [-0.2, -0.15) is 0 Å². The van der Waals surface area contributed by atoms with E-state index in [1.807, 2.05) is 13.8 Å². The zero-order chi connectivity index (χ0) is 19.5. The molecule has 1 aromatic rings. The summed E-state index contributed by atoms with van der Waals surface area (Å²) in [6.07, 6.45) is 5.70. The van der Waals surface area contributed by atoms with Gasteiger partial charge in [0.1, 0.15) is 5.69 Å². The van der Waals surface area contributed by atoms with Crippen molar-refractivity contribution < 1.29 is 14.3 Å². The predicted octanol–water partition coefficient (Wildman–Crippen LogP) is 0.803. The van der Waals surface area contributed by atoms with Crippen LogP contribution in [-0.4, -0.2) is 84.1 Å². The van der Waals surface area contributed by atoms with Crippen molar-refractivity contribution in [3.8, 4) is 0 Å². The third-order valence-electron chi connectivity index (χ3n) is 4.34. The molecule has 1 aromatic heterocycles. The molecule has 8 nitrogen and oxygen atoms in total. The number of nitrogens with zero attached hydrogens (tertiary/aromatic N) is 4. The first kappa shape index (κ1) is 21.2. The van der Waals surface area contributed by atoms with Gasteiger partial charge in [-0.1, -0.05) is 13.8 Å². The zero-order valence-electron chi connectivity index (χ0n) is 16.4. The first-order valence-corrected chi connectivity index (χ1v) is 9.68. The largest absolute Gasteiger partial charge is 0.379 e. The summed E-state index contributed by atoms with van der Waals surface area (Å²) in [5, 5.41) is 2.95. The minimum absolute atomic E-state index is 0.0299. The van der Waals surface area contributed by atoms with Crippen LogP contribution in [0.15, 0.2) is 18.6 Å². The number of hydrogen-bond acceptors (Lipinski definition) is 6. The number of rotatable bonds is 10. The molecule has 0 atom stereocenters. The molecule has 2 amide bonds. The SMILES string of the molecule is CC(C)CN(CCC(=O)NCCCN1CCOCC1)C(=O)c1cnccn1. The van der Waals surface area contributed by atoms with Gasteiger partial charge < -0.3 is 15.0 Å². The second-order valence-corrected chi connectivity index (χ2v) is 7.14. The van der Waals surface area contributed by atoms with Crippen molar-refractivity contribution in [2.75, 3.05) is 52.5 Å². The number of hydrogen-bond donors (Lipinski definition) is 1. The van der Waals surface area contributed by atoms with E-state index >= 15 is 0 Å². The summed E-state index contributed by atoms with van der Waals surface area (Å²) in [5.41, 5.74) is 0.309. The van der Waals surface area contributed by atoms with E-state index < -0.39 is 0 Å². The molecule has 1 saturated heterocycles. The normalized spacial score (nSPS) is 14.9. The Morgan fingerprint density at radius 2 is 2.07 bits per heavy atom. The lowest BCUT2D eigenvalue weighted by Crippen LogP contribution is -2.39. The molecule has 0 unspecified atom stereocenters. The van der Waals surface area contributed by atoms with Crippen LogP contribution in [0.5, 0.6) is 0 Å². The molecule has 1 aliphatic rings. The van der Waals surface area contributed by atoms with Gasteiger partial charge >= 0.3 is 0 Å². The van der Waals surface area contributed by atoms with Gasteiger partial charge in [0.25, 0.3) is 5.91 Å². The van der Waals surface area contributed by atoms with Gasteiger partial charge in [0.15, 0.2) is 0 Å². The van der Waals surface area contributed by atoms with Gasteiger partial charge in [-0.15, -0.1) is 0 Å². The van der Waals surface area contributed by atoms with Crippen LogP contribution in [0.4, 0.5) is 0 Å². The number of carbonyl (C=O) groups excluding carboxylic acids is 2. The van der Waals surface area contributed by atoms with Crippen LogP contribution in [0.25, 0.3) is 0 Å². The number of morpholine rings is 1. The average molecular weight is 377 g/mol. The van der Waals surface area contributed by atoms with E-state index in [-0.39, 0.29) is 18.2 Å². The number of nitrogens with one attached hydrogen (secondary N) is 1. The van der Waals surface area contributed by atoms with E-state index in [1.165, 1.54) is 18.6 Å².